The maximum atomic E-state index is 11.7. The van der Waals surface area contributed by atoms with Crippen LogP contribution in [0.25, 0.3) is 6.08 Å². The molecule has 5 heteroatoms. The zero-order valence-electron chi connectivity index (χ0n) is 14.3. The largest absolute Gasteiger partial charge is 0.493 e. The van der Waals surface area contributed by atoms with Crippen LogP contribution in [0.5, 0.6) is 11.5 Å². The molecule has 0 aliphatic carbocycles. The number of hydrogen-bond acceptors (Lipinski definition) is 4. The molecule has 1 aromatic carbocycles. The van der Waals surface area contributed by atoms with Crippen LogP contribution in [0.1, 0.15) is 31.7 Å². The summed E-state index contributed by atoms with van der Waals surface area (Å²) in [6, 6.07) is 5.50. The molecule has 1 N–H and O–H groups in total. The van der Waals surface area contributed by atoms with Crippen LogP contribution in [-0.2, 0) is 9.53 Å². The number of hydrogen-bond donors (Lipinski definition) is 1. The van der Waals surface area contributed by atoms with Crippen molar-refractivity contribution in [1.82, 2.24) is 5.32 Å². The van der Waals surface area contributed by atoms with Gasteiger partial charge in [-0.3, -0.25) is 4.79 Å². The van der Waals surface area contributed by atoms with Gasteiger partial charge in [0.1, 0.15) is 0 Å². The van der Waals surface area contributed by atoms with Gasteiger partial charge in [-0.2, -0.15) is 0 Å². The van der Waals surface area contributed by atoms with Crippen molar-refractivity contribution in [2.75, 3.05) is 34.0 Å². The summed E-state index contributed by atoms with van der Waals surface area (Å²) in [6.45, 7) is 4.22. The van der Waals surface area contributed by atoms with E-state index in [-0.39, 0.29) is 5.91 Å². The van der Waals surface area contributed by atoms with Gasteiger partial charge in [0.05, 0.1) is 14.2 Å². The average molecular weight is 321 g/mol. The van der Waals surface area contributed by atoms with Crippen molar-refractivity contribution in [2.45, 2.75) is 26.2 Å². The van der Waals surface area contributed by atoms with Crippen molar-refractivity contribution in [3.8, 4) is 11.5 Å². The smallest absolute Gasteiger partial charge is 0.244 e. The molecule has 0 aliphatic heterocycles. The topological polar surface area (TPSA) is 56.8 Å². The van der Waals surface area contributed by atoms with Gasteiger partial charge in [-0.15, -0.1) is 0 Å². The van der Waals surface area contributed by atoms with E-state index < -0.39 is 0 Å². The normalized spacial score (nSPS) is 10.7. The summed E-state index contributed by atoms with van der Waals surface area (Å²) < 4.78 is 15.8. The standard InChI is InChI=1S/C18H27NO4/c1-4-5-12-23-13-6-11-19-18(20)10-8-15-7-9-16(21-2)17(14-15)22-3/h7-10,14H,4-6,11-13H2,1-3H3,(H,19,20). The fourth-order valence-electron chi connectivity index (χ4n) is 1.92. The summed E-state index contributed by atoms with van der Waals surface area (Å²) in [4.78, 5) is 11.7. The first kappa shape index (κ1) is 19.0. The van der Waals surface area contributed by atoms with Gasteiger partial charge in [-0.1, -0.05) is 19.4 Å². The fourth-order valence-corrected chi connectivity index (χ4v) is 1.92. The van der Waals surface area contributed by atoms with Crippen molar-refractivity contribution in [3.63, 3.8) is 0 Å². The molecular weight excluding hydrogens is 294 g/mol. The van der Waals surface area contributed by atoms with E-state index >= 15 is 0 Å². The van der Waals surface area contributed by atoms with Crippen molar-refractivity contribution in [2.24, 2.45) is 0 Å². The highest BCUT2D eigenvalue weighted by Gasteiger charge is 2.03. The first-order valence-electron chi connectivity index (χ1n) is 7.97. The number of carbonyl (C=O) groups excluding carboxylic acids is 1. The Hall–Kier alpha value is -2.01. The summed E-state index contributed by atoms with van der Waals surface area (Å²) in [5, 5.41) is 2.83. The molecule has 0 spiro atoms. The van der Waals surface area contributed by atoms with Crippen LogP contribution in [0.4, 0.5) is 0 Å². The van der Waals surface area contributed by atoms with Crippen LogP contribution in [0.2, 0.25) is 0 Å². The maximum Gasteiger partial charge on any atom is 0.244 e. The van der Waals surface area contributed by atoms with Gasteiger partial charge in [-0.25, -0.2) is 0 Å². The SMILES string of the molecule is CCCCOCCCNC(=O)C=Cc1ccc(OC)c(OC)c1. The number of rotatable bonds is 11. The molecule has 0 bridgehead atoms. The molecule has 0 aliphatic rings. The lowest BCUT2D eigenvalue weighted by molar-refractivity contribution is -0.116. The minimum Gasteiger partial charge on any atom is -0.493 e. The van der Waals surface area contributed by atoms with Crippen LogP contribution in [0, 0.1) is 0 Å². The van der Waals surface area contributed by atoms with Gasteiger partial charge in [0, 0.05) is 25.8 Å². The summed E-state index contributed by atoms with van der Waals surface area (Å²) in [5.41, 5.74) is 0.876. The number of carbonyl (C=O) groups is 1. The second-order valence-corrected chi connectivity index (χ2v) is 5.06. The van der Waals surface area contributed by atoms with E-state index in [1.165, 1.54) is 6.08 Å². The fraction of sp³-hybridized carbons (Fsp3) is 0.500. The molecule has 1 rings (SSSR count). The highest BCUT2D eigenvalue weighted by atomic mass is 16.5. The molecule has 0 unspecified atom stereocenters. The van der Waals surface area contributed by atoms with Gasteiger partial charge in [0.25, 0.3) is 0 Å². The zero-order valence-corrected chi connectivity index (χ0v) is 14.3. The lowest BCUT2D eigenvalue weighted by Crippen LogP contribution is -2.23. The number of ether oxygens (including phenoxy) is 3. The highest BCUT2D eigenvalue weighted by Crippen LogP contribution is 2.27. The number of unbranched alkanes of at least 4 members (excludes halogenated alkanes) is 1. The minimum atomic E-state index is -0.117. The van der Waals surface area contributed by atoms with Crippen LogP contribution >= 0.6 is 0 Å². The van der Waals surface area contributed by atoms with Crippen LogP contribution in [0.15, 0.2) is 24.3 Å². The van der Waals surface area contributed by atoms with Crippen molar-refractivity contribution in [3.05, 3.63) is 29.8 Å². The Morgan fingerprint density at radius 2 is 1.87 bits per heavy atom. The van der Waals surface area contributed by atoms with Crippen molar-refractivity contribution < 1.29 is 19.0 Å². The lowest BCUT2D eigenvalue weighted by atomic mass is 10.2. The molecule has 0 aromatic heterocycles. The minimum absolute atomic E-state index is 0.117. The van der Waals surface area contributed by atoms with Crippen LogP contribution < -0.4 is 14.8 Å². The summed E-state index contributed by atoms with van der Waals surface area (Å²) in [7, 11) is 3.17. The van der Waals surface area contributed by atoms with Crippen molar-refractivity contribution in [1.29, 1.82) is 0 Å². The molecule has 0 fully saturated rings. The molecule has 0 atom stereocenters. The van der Waals surface area contributed by atoms with Gasteiger partial charge in [-0.05, 0) is 36.6 Å². The third-order valence-corrected chi connectivity index (χ3v) is 3.24. The predicted octanol–water partition coefficient (Wildman–Crippen LogP) is 3.04. The Labute approximate surface area is 138 Å². The van der Waals surface area contributed by atoms with Gasteiger partial charge in [0.2, 0.25) is 5.91 Å². The quantitative estimate of drug-likeness (QED) is 0.503. The predicted molar refractivity (Wildman–Crippen MR) is 91.9 cm³/mol. The van der Waals surface area contributed by atoms with E-state index in [1.54, 1.807) is 20.3 Å². The van der Waals surface area contributed by atoms with Crippen LogP contribution in [-0.4, -0.2) is 39.9 Å². The average Bonchev–Trinajstić information content (AvgIpc) is 2.58. The molecule has 1 aromatic rings. The van der Waals surface area contributed by atoms with Crippen molar-refractivity contribution >= 4 is 12.0 Å². The third kappa shape index (κ3) is 7.70. The Bertz CT molecular complexity index is 500. The highest BCUT2D eigenvalue weighted by molar-refractivity contribution is 5.91. The molecular formula is C18H27NO4. The molecule has 0 heterocycles. The van der Waals surface area contributed by atoms with E-state index in [2.05, 4.69) is 12.2 Å². The summed E-state index contributed by atoms with van der Waals surface area (Å²) in [5.74, 6) is 1.19. The summed E-state index contributed by atoms with van der Waals surface area (Å²) in [6.07, 6.45) is 6.30. The van der Waals surface area contributed by atoms with E-state index in [0.29, 0.717) is 24.7 Å². The van der Waals surface area contributed by atoms with Gasteiger partial charge >= 0.3 is 0 Å². The molecule has 0 radical (unpaired) electrons. The Balaban J connectivity index is 2.32. The molecule has 0 saturated heterocycles. The van der Waals surface area contributed by atoms with E-state index in [9.17, 15) is 4.79 Å². The monoisotopic (exact) mass is 321 g/mol. The molecule has 0 saturated carbocycles. The van der Waals surface area contributed by atoms with Gasteiger partial charge in [0.15, 0.2) is 11.5 Å². The number of methoxy groups -OCH3 is 2. The molecule has 5 nitrogen and oxygen atoms in total. The molecule has 23 heavy (non-hydrogen) atoms. The lowest BCUT2D eigenvalue weighted by Gasteiger charge is -2.07. The first-order valence-corrected chi connectivity index (χ1v) is 7.97. The Morgan fingerprint density at radius 1 is 1.13 bits per heavy atom. The third-order valence-electron chi connectivity index (χ3n) is 3.24. The second-order valence-electron chi connectivity index (χ2n) is 5.06. The molecule has 1 amide bonds. The van der Waals surface area contributed by atoms with Crippen LogP contribution in [0.3, 0.4) is 0 Å². The second kappa shape index (κ2) is 11.5. The number of benzene rings is 1. The molecule has 128 valence electrons. The van der Waals surface area contributed by atoms with Gasteiger partial charge < -0.3 is 19.5 Å². The van der Waals surface area contributed by atoms with E-state index in [4.69, 9.17) is 14.2 Å². The maximum absolute atomic E-state index is 11.7. The number of amides is 1. The number of nitrogens with one attached hydrogen (secondary N) is 1. The first-order chi connectivity index (χ1) is 11.2. The summed E-state index contributed by atoms with van der Waals surface area (Å²) >= 11 is 0. The van der Waals surface area contributed by atoms with E-state index in [1.807, 2.05) is 18.2 Å². The Morgan fingerprint density at radius 3 is 2.57 bits per heavy atom. The van der Waals surface area contributed by atoms with E-state index in [0.717, 1.165) is 31.4 Å². The zero-order chi connectivity index (χ0) is 16.9. The Kier molecular flexibility index (Phi) is 9.55.